The Hall–Kier alpha value is -2.11. The monoisotopic (exact) mass is 850 g/mol. The molecule has 0 radical (unpaired) electrons. The van der Waals surface area contributed by atoms with Crippen LogP contribution in [0.1, 0.15) is 291 Å². The fourth-order valence-electron chi connectivity index (χ4n) is 7.37. The van der Waals surface area contributed by atoms with Gasteiger partial charge >= 0.3 is 17.9 Å². The summed E-state index contributed by atoms with van der Waals surface area (Å²) >= 11 is 0. The van der Waals surface area contributed by atoms with Crippen LogP contribution >= 0.6 is 0 Å². The summed E-state index contributed by atoms with van der Waals surface area (Å²) < 4.78 is 58.8. The normalized spacial score (nSPS) is 13.6. The quantitative estimate of drug-likeness (QED) is 0.0263. The lowest BCUT2D eigenvalue weighted by molar-refractivity contribution is -0.167. The average molecular weight is 850 g/mol. The maximum atomic E-state index is 13.1. The summed E-state index contributed by atoms with van der Waals surface area (Å²) in [5.41, 5.74) is 0. The summed E-state index contributed by atoms with van der Waals surface area (Å²) in [5.74, 6) is -2.95. The highest BCUT2D eigenvalue weighted by Gasteiger charge is 2.19. The predicted octanol–water partition coefficient (Wildman–Crippen LogP) is 17.2. The van der Waals surface area contributed by atoms with Crippen molar-refractivity contribution in [3.05, 3.63) is 24.3 Å². The molecule has 0 amide bonds. The molecule has 0 aliphatic heterocycles. The third-order valence-electron chi connectivity index (χ3n) is 11.3. The van der Waals surface area contributed by atoms with Crippen LogP contribution in [-0.4, -0.2) is 37.1 Å². The Morgan fingerprint density at radius 2 is 0.650 bits per heavy atom. The molecule has 0 atom stereocenters. The van der Waals surface area contributed by atoms with Gasteiger partial charge in [0.1, 0.15) is 13.1 Å². The first-order valence-electron chi connectivity index (χ1n) is 28.3. The first-order chi connectivity index (χ1) is 31.4. The van der Waals surface area contributed by atoms with Gasteiger partial charge < -0.3 is 14.2 Å². The van der Waals surface area contributed by atoms with Gasteiger partial charge in [-0.05, 0) is 51.4 Å². The van der Waals surface area contributed by atoms with E-state index < -0.39 is 37.1 Å². The number of rotatable bonds is 48. The number of allylic oxidation sites excluding steroid dienone is 4. The SMILES string of the molecule is [2H]C([2H])(OC(=O)CCCCCCCCCCCCCCC)C([2H])(OC(=O)CCCCCCCC/C=C/C/C=C/CCCCC)C([2H])([2H])OC(=O)CCCCCCCCCCCCCCC. The molecule has 0 spiro atoms. The van der Waals surface area contributed by atoms with Crippen molar-refractivity contribution in [2.45, 2.75) is 290 Å². The molecule has 0 unspecified atom stereocenters. The van der Waals surface area contributed by atoms with Crippen molar-refractivity contribution in [2.75, 3.05) is 13.1 Å². The highest BCUT2D eigenvalue weighted by Crippen LogP contribution is 2.16. The third-order valence-corrected chi connectivity index (χ3v) is 11.3. The number of hydrogen-bond acceptors (Lipinski definition) is 6. The second-order valence-corrected chi connectivity index (χ2v) is 17.3. The van der Waals surface area contributed by atoms with E-state index in [1.54, 1.807) is 0 Å². The third kappa shape index (κ3) is 46.9. The zero-order valence-electron chi connectivity index (χ0n) is 44.8. The van der Waals surface area contributed by atoms with E-state index >= 15 is 0 Å². The predicted molar refractivity (Wildman–Crippen MR) is 256 cm³/mol. The minimum absolute atomic E-state index is 0.129. The first-order valence-corrected chi connectivity index (χ1v) is 25.8. The van der Waals surface area contributed by atoms with Crippen molar-refractivity contribution in [1.29, 1.82) is 0 Å². The zero-order valence-corrected chi connectivity index (χ0v) is 39.8. The molecule has 0 aliphatic carbocycles. The molecule has 0 aliphatic rings. The molecule has 0 N–H and O–H groups in total. The van der Waals surface area contributed by atoms with Crippen LogP contribution in [0.2, 0.25) is 0 Å². The first kappa shape index (κ1) is 48.9. The number of esters is 3. The van der Waals surface area contributed by atoms with Crippen LogP contribution in [0.3, 0.4) is 0 Å². The zero-order chi connectivity index (χ0) is 48.2. The molecule has 0 fully saturated rings. The summed E-state index contributed by atoms with van der Waals surface area (Å²) in [5, 5.41) is 0. The van der Waals surface area contributed by atoms with Crippen LogP contribution < -0.4 is 0 Å². The fraction of sp³-hybridized carbons (Fsp3) is 0.870. The number of ether oxygens (including phenoxy) is 3. The summed E-state index contributed by atoms with van der Waals surface area (Å²) in [7, 11) is 0. The van der Waals surface area contributed by atoms with E-state index in [-0.39, 0.29) is 19.3 Å². The van der Waals surface area contributed by atoms with E-state index in [2.05, 4.69) is 45.1 Å². The number of carbonyl (C=O) groups excluding carboxylic acids is 3. The van der Waals surface area contributed by atoms with E-state index in [9.17, 15) is 14.4 Å². The van der Waals surface area contributed by atoms with Gasteiger partial charge in [-0.25, -0.2) is 0 Å². The standard InChI is InChI=1S/C54H100O6/c1-4-7-10-13-16-19-22-25-26-27-30-33-36-39-42-45-48-54(57)60-51(49-58-52(55)46-43-40-37-34-31-28-23-20-17-14-11-8-5-2)50-59-53(56)47-44-41-38-35-32-29-24-21-18-15-12-9-6-3/h16,19,25-26,51H,4-15,17-18,20-24,27-50H2,1-3H3/b19-16+,26-25+/i49D2,50D2,51D. The molecule has 0 saturated heterocycles. The topological polar surface area (TPSA) is 78.9 Å². The Balaban J connectivity index is 5.02. The van der Waals surface area contributed by atoms with Crippen molar-refractivity contribution in [2.24, 2.45) is 0 Å². The Labute approximate surface area is 380 Å². The van der Waals surface area contributed by atoms with Crippen molar-refractivity contribution >= 4 is 17.9 Å². The Bertz CT molecular complexity index is 1140. The van der Waals surface area contributed by atoms with Crippen molar-refractivity contribution < 1.29 is 35.4 Å². The lowest BCUT2D eigenvalue weighted by atomic mass is 10.0. The molecule has 6 nitrogen and oxygen atoms in total. The van der Waals surface area contributed by atoms with Crippen molar-refractivity contribution in [1.82, 2.24) is 0 Å². The minimum Gasteiger partial charge on any atom is -0.462 e. The van der Waals surface area contributed by atoms with Crippen LogP contribution in [-0.2, 0) is 28.6 Å². The molecular formula is C54H100O6. The molecule has 6 heteroatoms. The lowest BCUT2D eigenvalue weighted by Crippen LogP contribution is -2.30. The largest absolute Gasteiger partial charge is 0.462 e. The van der Waals surface area contributed by atoms with Crippen LogP contribution in [0.15, 0.2) is 24.3 Å². The van der Waals surface area contributed by atoms with Gasteiger partial charge in [0.2, 0.25) is 0 Å². The van der Waals surface area contributed by atoms with E-state index in [1.807, 2.05) is 0 Å². The van der Waals surface area contributed by atoms with Crippen LogP contribution in [0.5, 0.6) is 0 Å². The van der Waals surface area contributed by atoms with Crippen molar-refractivity contribution in [3.8, 4) is 0 Å². The Morgan fingerprint density at radius 3 is 1.00 bits per heavy atom. The summed E-state index contributed by atoms with van der Waals surface area (Å²) in [4.78, 5) is 38.9. The van der Waals surface area contributed by atoms with Gasteiger partial charge in [-0.15, -0.1) is 0 Å². The van der Waals surface area contributed by atoms with Crippen LogP contribution in [0, 0.1) is 0 Å². The van der Waals surface area contributed by atoms with Gasteiger partial charge in [-0.3, -0.25) is 14.4 Å². The molecule has 60 heavy (non-hydrogen) atoms. The van der Waals surface area contributed by atoms with E-state index in [4.69, 9.17) is 21.1 Å². The second-order valence-electron chi connectivity index (χ2n) is 17.3. The molecule has 0 aromatic heterocycles. The number of carbonyl (C=O) groups is 3. The second kappa shape index (κ2) is 49.5. The summed E-state index contributed by atoms with van der Waals surface area (Å²) in [6, 6.07) is 0. The Kier molecular flexibility index (Phi) is 40.4. The van der Waals surface area contributed by atoms with Gasteiger partial charge in [-0.2, -0.15) is 0 Å². The van der Waals surface area contributed by atoms with E-state index in [1.165, 1.54) is 122 Å². The van der Waals surface area contributed by atoms with Gasteiger partial charge in [0.15, 0.2) is 6.08 Å². The molecule has 0 heterocycles. The van der Waals surface area contributed by atoms with Crippen LogP contribution in [0.4, 0.5) is 0 Å². The lowest BCUT2D eigenvalue weighted by Gasteiger charge is -2.18. The maximum absolute atomic E-state index is 13.1. The fourth-order valence-corrected chi connectivity index (χ4v) is 7.37. The van der Waals surface area contributed by atoms with Crippen LogP contribution in [0.25, 0.3) is 0 Å². The highest BCUT2D eigenvalue weighted by atomic mass is 16.6. The molecule has 0 rings (SSSR count). The van der Waals surface area contributed by atoms with E-state index in [0.717, 1.165) is 96.3 Å². The highest BCUT2D eigenvalue weighted by molar-refractivity contribution is 5.71. The van der Waals surface area contributed by atoms with E-state index in [0.29, 0.717) is 25.7 Å². The average Bonchev–Trinajstić information content (AvgIpc) is 3.26. The molecule has 352 valence electrons. The summed E-state index contributed by atoms with van der Waals surface area (Å²) in [6.45, 7) is -0.226. The molecule has 0 aromatic carbocycles. The van der Waals surface area contributed by atoms with Gasteiger partial charge in [0, 0.05) is 19.3 Å². The minimum atomic E-state index is -3.49. The van der Waals surface area contributed by atoms with Gasteiger partial charge in [0.25, 0.3) is 0 Å². The summed E-state index contributed by atoms with van der Waals surface area (Å²) in [6.07, 6.45) is 46.2. The number of hydrogen-bond donors (Lipinski definition) is 0. The molecular weight excluding hydrogens is 745 g/mol. The van der Waals surface area contributed by atoms with Gasteiger partial charge in [-0.1, -0.05) is 238 Å². The van der Waals surface area contributed by atoms with Crippen molar-refractivity contribution in [3.63, 3.8) is 0 Å². The Morgan fingerprint density at radius 1 is 0.383 bits per heavy atom. The van der Waals surface area contributed by atoms with Gasteiger partial charge in [0.05, 0.1) is 6.85 Å². The molecule has 0 bridgehead atoms. The maximum Gasteiger partial charge on any atom is 0.306 e. The molecule has 0 aromatic rings. The smallest absolute Gasteiger partial charge is 0.306 e. The molecule has 0 saturated carbocycles. The number of unbranched alkanes of at least 4 members (excludes halogenated alkanes) is 33.